The molecule has 2 heteroatoms. The van der Waals surface area contributed by atoms with Crippen LogP contribution in [0.25, 0.3) is 0 Å². The first kappa shape index (κ1) is 7.75. The second-order valence-corrected chi connectivity index (χ2v) is 1.47. The zero-order valence-corrected chi connectivity index (χ0v) is 5.26. The number of nitrogens with zero attached hydrogens (tertiary/aromatic N) is 1. The molecule has 0 unspecified atom stereocenters. The molecular weight excluding hydrogens is 93.0 g/mol. The van der Waals surface area contributed by atoms with E-state index in [-0.39, 0.29) is 18.9 Å². The van der Waals surface area contributed by atoms with Gasteiger partial charge in [0.25, 0.3) is 0 Å². The summed E-state index contributed by atoms with van der Waals surface area (Å²) in [5.41, 5.74) is 1.07. The van der Waals surface area contributed by atoms with Crippen molar-refractivity contribution in [3.8, 4) is 0 Å². The van der Waals surface area contributed by atoms with Gasteiger partial charge in [-0.05, 0) is 19.1 Å². The molecule has 0 N–H and O–H groups in total. The molecule has 1 aromatic rings. The van der Waals surface area contributed by atoms with Crippen LogP contribution in [0.3, 0.4) is 0 Å². The van der Waals surface area contributed by atoms with Gasteiger partial charge in [-0.15, -0.1) is 0 Å². The summed E-state index contributed by atoms with van der Waals surface area (Å²) in [6.07, 6.45) is 1.79. The van der Waals surface area contributed by atoms with E-state index < -0.39 is 0 Å². The summed E-state index contributed by atoms with van der Waals surface area (Å²) in [5.74, 6) is 0. The maximum atomic E-state index is 3.98. The molecule has 0 bridgehead atoms. The minimum Gasteiger partial charge on any atom is -0.262 e. The second-order valence-electron chi connectivity index (χ2n) is 1.47. The van der Waals surface area contributed by atoms with Gasteiger partial charge in [0.2, 0.25) is 0 Å². The van der Waals surface area contributed by atoms with Crippen LogP contribution in [0.15, 0.2) is 24.4 Å². The molecular formula is C6H7LiN. The molecule has 1 heterocycles. The minimum absolute atomic E-state index is 0. The zero-order chi connectivity index (χ0) is 5.11. The number of aromatic nitrogens is 1. The van der Waals surface area contributed by atoms with Crippen molar-refractivity contribution < 1.29 is 0 Å². The third-order valence-electron chi connectivity index (χ3n) is 0.813. The largest absolute Gasteiger partial charge is 0.262 e. The molecule has 0 aliphatic heterocycles. The number of pyridine rings is 1. The third kappa shape index (κ3) is 2.16. The Hall–Kier alpha value is -0.253. The molecule has 0 spiro atoms. The van der Waals surface area contributed by atoms with Gasteiger partial charge in [-0.2, -0.15) is 0 Å². The summed E-state index contributed by atoms with van der Waals surface area (Å²) in [7, 11) is 0. The Morgan fingerprint density at radius 3 is 2.38 bits per heavy atom. The third-order valence-corrected chi connectivity index (χ3v) is 0.813. The van der Waals surface area contributed by atoms with Crippen LogP contribution >= 0.6 is 0 Å². The fourth-order valence-corrected chi connectivity index (χ4v) is 0.448. The monoisotopic (exact) mass is 100 g/mol. The van der Waals surface area contributed by atoms with Gasteiger partial charge in [0.1, 0.15) is 0 Å². The van der Waals surface area contributed by atoms with Crippen molar-refractivity contribution in [1.82, 2.24) is 4.98 Å². The average Bonchev–Trinajstić information content (AvgIpc) is 1.69. The Kier molecular flexibility index (Phi) is 3.60. The zero-order valence-electron chi connectivity index (χ0n) is 5.26. The summed E-state index contributed by atoms with van der Waals surface area (Å²) < 4.78 is 0. The summed E-state index contributed by atoms with van der Waals surface area (Å²) in [6.45, 7) is 1.97. The molecule has 1 radical (unpaired) electrons. The van der Waals surface area contributed by atoms with E-state index in [2.05, 4.69) is 4.98 Å². The number of aryl methyl sites for hydroxylation is 1. The van der Waals surface area contributed by atoms with Crippen LogP contribution < -0.4 is 0 Å². The van der Waals surface area contributed by atoms with Gasteiger partial charge < -0.3 is 0 Å². The van der Waals surface area contributed by atoms with Crippen molar-refractivity contribution in [1.29, 1.82) is 0 Å². The molecule has 0 atom stereocenters. The van der Waals surface area contributed by atoms with Crippen LogP contribution in [0.2, 0.25) is 0 Å². The van der Waals surface area contributed by atoms with E-state index in [1.54, 1.807) is 6.20 Å². The Bertz CT molecular complexity index is 138. The summed E-state index contributed by atoms with van der Waals surface area (Å²) in [6, 6.07) is 5.86. The van der Waals surface area contributed by atoms with Crippen molar-refractivity contribution in [3.05, 3.63) is 30.1 Å². The summed E-state index contributed by atoms with van der Waals surface area (Å²) in [5, 5.41) is 0. The van der Waals surface area contributed by atoms with Gasteiger partial charge in [-0.1, -0.05) is 6.07 Å². The van der Waals surface area contributed by atoms with Gasteiger partial charge in [0, 0.05) is 30.8 Å². The number of hydrogen-bond acceptors (Lipinski definition) is 1. The van der Waals surface area contributed by atoms with Crippen LogP contribution in [0.1, 0.15) is 5.69 Å². The van der Waals surface area contributed by atoms with E-state index in [9.17, 15) is 0 Å². The number of rotatable bonds is 0. The Balaban J connectivity index is 0.000000490. The molecule has 0 fully saturated rings. The minimum atomic E-state index is 0. The first-order valence-corrected chi connectivity index (χ1v) is 2.27. The predicted octanol–water partition coefficient (Wildman–Crippen LogP) is 1.01. The molecule has 37 valence electrons. The molecule has 0 aliphatic rings. The van der Waals surface area contributed by atoms with Crippen LogP contribution in [0.4, 0.5) is 0 Å². The van der Waals surface area contributed by atoms with Crippen molar-refractivity contribution in [3.63, 3.8) is 0 Å². The van der Waals surface area contributed by atoms with Gasteiger partial charge in [-0.3, -0.25) is 4.98 Å². The normalized spacial score (nSPS) is 7.62. The van der Waals surface area contributed by atoms with E-state index >= 15 is 0 Å². The Morgan fingerprint density at radius 2 is 2.12 bits per heavy atom. The second kappa shape index (κ2) is 3.71. The fourth-order valence-electron chi connectivity index (χ4n) is 0.448. The van der Waals surface area contributed by atoms with E-state index in [0.29, 0.717) is 0 Å². The van der Waals surface area contributed by atoms with E-state index in [0.717, 1.165) is 5.69 Å². The number of hydrogen-bond donors (Lipinski definition) is 0. The molecule has 0 saturated heterocycles. The molecule has 8 heavy (non-hydrogen) atoms. The van der Waals surface area contributed by atoms with E-state index in [4.69, 9.17) is 0 Å². The molecule has 0 aliphatic carbocycles. The van der Waals surface area contributed by atoms with Gasteiger partial charge >= 0.3 is 0 Å². The van der Waals surface area contributed by atoms with Crippen LogP contribution in [0.5, 0.6) is 0 Å². The van der Waals surface area contributed by atoms with Gasteiger partial charge in [-0.25, -0.2) is 0 Å². The topological polar surface area (TPSA) is 12.9 Å². The van der Waals surface area contributed by atoms with Crippen LogP contribution in [0, 0.1) is 6.92 Å². The molecule has 0 aromatic carbocycles. The van der Waals surface area contributed by atoms with Crippen molar-refractivity contribution >= 4 is 18.9 Å². The van der Waals surface area contributed by atoms with Gasteiger partial charge in [0.05, 0.1) is 0 Å². The maximum absolute atomic E-state index is 3.98. The summed E-state index contributed by atoms with van der Waals surface area (Å²) >= 11 is 0. The van der Waals surface area contributed by atoms with E-state index in [1.165, 1.54) is 0 Å². The molecule has 1 rings (SSSR count). The maximum Gasteiger partial charge on any atom is 0.0372 e. The Morgan fingerprint density at radius 1 is 1.38 bits per heavy atom. The van der Waals surface area contributed by atoms with Crippen molar-refractivity contribution in [2.45, 2.75) is 6.92 Å². The van der Waals surface area contributed by atoms with Crippen molar-refractivity contribution in [2.24, 2.45) is 0 Å². The predicted molar refractivity (Wildman–Crippen MR) is 34.7 cm³/mol. The van der Waals surface area contributed by atoms with Crippen LogP contribution in [-0.4, -0.2) is 23.8 Å². The molecule has 1 nitrogen and oxygen atoms in total. The fraction of sp³-hybridized carbons (Fsp3) is 0.167. The van der Waals surface area contributed by atoms with Crippen molar-refractivity contribution in [2.75, 3.05) is 0 Å². The Labute approximate surface area is 61.3 Å². The molecule has 0 amide bonds. The van der Waals surface area contributed by atoms with Crippen LogP contribution in [-0.2, 0) is 0 Å². The SMILES string of the molecule is Cc1ccccn1.[Li]. The quantitative estimate of drug-likeness (QED) is 0.443. The van der Waals surface area contributed by atoms with E-state index in [1.807, 2.05) is 25.1 Å². The van der Waals surface area contributed by atoms with Gasteiger partial charge in [0.15, 0.2) is 0 Å². The first-order valence-electron chi connectivity index (χ1n) is 2.27. The molecule has 1 aromatic heterocycles. The smallest absolute Gasteiger partial charge is 0.0372 e. The average molecular weight is 100 g/mol. The standard InChI is InChI=1S/C6H7N.Li/c1-6-4-2-3-5-7-6;/h2-5H,1H3;. The molecule has 0 saturated carbocycles. The first-order chi connectivity index (χ1) is 3.39. The summed E-state index contributed by atoms with van der Waals surface area (Å²) in [4.78, 5) is 3.98.